The third-order valence-electron chi connectivity index (χ3n) is 3.05. The molecule has 1 aromatic heterocycles. The summed E-state index contributed by atoms with van der Waals surface area (Å²) in [7, 11) is 0. The molecular formula is C16H18N2O3S. The molecule has 0 spiro atoms. The molecule has 6 heteroatoms. The van der Waals surface area contributed by atoms with E-state index in [1.165, 1.54) is 18.3 Å². The van der Waals surface area contributed by atoms with Gasteiger partial charge in [-0.05, 0) is 32.4 Å². The minimum absolute atomic E-state index is 0.0537. The first-order valence-corrected chi connectivity index (χ1v) is 7.66. The Morgan fingerprint density at radius 1 is 1.27 bits per heavy atom. The highest BCUT2D eigenvalue weighted by molar-refractivity contribution is 7.17. The summed E-state index contributed by atoms with van der Waals surface area (Å²) in [5.41, 5.74) is 2.75. The van der Waals surface area contributed by atoms with Crippen molar-refractivity contribution in [3.8, 4) is 5.75 Å². The van der Waals surface area contributed by atoms with Gasteiger partial charge in [0.15, 0.2) is 17.5 Å². The highest BCUT2D eigenvalue weighted by atomic mass is 32.1. The predicted molar refractivity (Wildman–Crippen MR) is 86.9 cm³/mol. The van der Waals surface area contributed by atoms with Gasteiger partial charge < -0.3 is 4.74 Å². The summed E-state index contributed by atoms with van der Waals surface area (Å²) >= 11 is 1.17. The summed E-state index contributed by atoms with van der Waals surface area (Å²) in [5, 5.41) is 3.06. The third kappa shape index (κ3) is 3.92. The number of aryl methyl sites for hydroxylation is 3. The fourth-order valence-corrected chi connectivity index (χ4v) is 2.91. The van der Waals surface area contributed by atoms with Crippen molar-refractivity contribution in [1.29, 1.82) is 0 Å². The SMILES string of the molecule is CC(=O)c1sc(NC(=O)COc2ccc(C)cc2C)nc1C. The number of nitrogens with one attached hydrogen (secondary N) is 1. The van der Waals surface area contributed by atoms with E-state index < -0.39 is 0 Å². The zero-order valence-electron chi connectivity index (χ0n) is 13.0. The van der Waals surface area contributed by atoms with E-state index in [0.717, 1.165) is 11.1 Å². The summed E-state index contributed by atoms with van der Waals surface area (Å²) in [6.45, 7) is 7.06. The van der Waals surface area contributed by atoms with Crippen LogP contribution in [0.5, 0.6) is 5.75 Å². The van der Waals surface area contributed by atoms with Crippen molar-refractivity contribution < 1.29 is 14.3 Å². The van der Waals surface area contributed by atoms with Crippen LogP contribution in [0.4, 0.5) is 5.13 Å². The van der Waals surface area contributed by atoms with E-state index >= 15 is 0 Å². The molecule has 2 rings (SSSR count). The maximum Gasteiger partial charge on any atom is 0.264 e. The Labute approximate surface area is 133 Å². The predicted octanol–water partition coefficient (Wildman–Crippen LogP) is 3.29. The fraction of sp³-hybridized carbons (Fsp3) is 0.312. The van der Waals surface area contributed by atoms with Gasteiger partial charge in [0.2, 0.25) is 0 Å². The monoisotopic (exact) mass is 318 g/mol. The van der Waals surface area contributed by atoms with Crippen LogP contribution in [0.3, 0.4) is 0 Å². The minimum atomic E-state index is -0.302. The molecule has 0 saturated carbocycles. The van der Waals surface area contributed by atoms with Crippen molar-refractivity contribution in [2.45, 2.75) is 27.7 Å². The van der Waals surface area contributed by atoms with Gasteiger partial charge in [-0.15, -0.1) is 0 Å². The Hall–Kier alpha value is -2.21. The summed E-state index contributed by atoms with van der Waals surface area (Å²) in [4.78, 5) is 28.0. The van der Waals surface area contributed by atoms with E-state index in [9.17, 15) is 9.59 Å². The van der Waals surface area contributed by atoms with Crippen LogP contribution in [0.2, 0.25) is 0 Å². The van der Waals surface area contributed by atoms with Gasteiger partial charge in [-0.25, -0.2) is 4.98 Å². The molecule has 1 aromatic carbocycles. The molecule has 0 bridgehead atoms. The molecule has 116 valence electrons. The van der Waals surface area contributed by atoms with E-state index in [0.29, 0.717) is 21.5 Å². The Bertz CT molecular complexity index is 722. The van der Waals surface area contributed by atoms with Crippen LogP contribution in [-0.2, 0) is 4.79 Å². The number of carbonyl (C=O) groups excluding carboxylic acids is 2. The number of ketones is 1. The lowest BCUT2D eigenvalue weighted by molar-refractivity contribution is -0.118. The van der Waals surface area contributed by atoms with Gasteiger partial charge in [-0.1, -0.05) is 29.0 Å². The van der Waals surface area contributed by atoms with E-state index in [-0.39, 0.29) is 18.3 Å². The molecule has 5 nitrogen and oxygen atoms in total. The molecular weight excluding hydrogens is 300 g/mol. The summed E-state index contributed by atoms with van der Waals surface area (Å²) in [6.07, 6.45) is 0. The van der Waals surface area contributed by atoms with Crippen LogP contribution in [0.1, 0.15) is 33.4 Å². The summed E-state index contributed by atoms with van der Waals surface area (Å²) in [5.74, 6) is 0.325. The maximum absolute atomic E-state index is 11.9. The quantitative estimate of drug-likeness (QED) is 0.859. The summed E-state index contributed by atoms with van der Waals surface area (Å²) < 4.78 is 5.51. The van der Waals surface area contributed by atoms with Crippen molar-refractivity contribution in [2.24, 2.45) is 0 Å². The molecule has 0 atom stereocenters. The van der Waals surface area contributed by atoms with Crippen molar-refractivity contribution in [3.63, 3.8) is 0 Å². The molecule has 1 N–H and O–H groups in total. The normalized spacial score (nSPS) is 10.4. The zero-order chi connectivity index (χ0) is 16.3. The Morgan fingerprint density at radius 2 is 2.00 bits per heavy atom. The largest absolute Gasteiger partial charge is 0.483 e. The van der Waals surface area contributed by atoms with Crippen LogP contribution >= 0.6 is 11.3 Å². The number of hydrogen-bond donors (Lipinski definition) is 1. The van der Waals surface area contributed by atoms with E-state index in [1.54, 1.807) is 6.92 Å². The molecule has 0 fully saturated rings. The van der Waals surface area contributed by atoms with Crippen LogP contribution in [0, 0.1) is 20.8 Å². The van der Waals surface area contributed by atoms with Crippen LogP contribution in [0.25, 0.3) is 0 Å². The number of nitrogens with zero attached hydrogens (tertiary/aromatic N) is 1. The molecule has 1 heterocycles. The second-order valence-corrected chi connectivity index (χ2v) is 6.09. The van der Waals surface area contributed by atoms with Gasteiger partial charge in [0, 0.05) is 6.92 Å². The highest BCUT2D eigenvalue weighted by Gasteiger charge is 2.13. The van der Waals surface area contributed by atoms with Gasteiger partial charge in [-0.3, -0.25) is 14.9 Å². The molecule has 0 aliphatic heterocycles. The molecule has 0 aliphatic carbocycles. The standard InChI is InChI=1S/C16H18N2O3S/c1-9-5-6-13(10(2)7-9)21-8-14(20)18-16-17-11(3)15(22-16)12(4)19/h5-7H,8H2,1-4H3,(H,17,18,20). The molecule has 1 amide bonds. The molecule has 0 radical (unpaired) electrons. The minimum Gasteiger partial charge on any atom is -0.483 e. The Morgan fingerprint density at radius 3 is 2.59 bits per heavy atom. The number of rotatable bonds is 5. The van der Waals surface area contributed by atoms with E-state index in [4.69, 9.17) is 4.74 Å². The average molecular weight is 318 g/mol. The molecule has 0 aliphatic rings. The van der Waals surface area contributed by atoms with Crippen molar-refractivity contribution in [2.75, 3.05) is 11.9 Å². The lowest BCUT2D eigenvalue weighted by Gasteiger charge is -2.09. The number of carbonyl (C=O) groups is 2. The van der Waals surface area contributed by atoms with E-state index in [1.807, 2.05) is 32.0 Å². The first kappa shape index (κ1) is 16.2. The second kappa shape index (κ2) is 6.70. The van der Waals surface area contributed by atoms with Gasteiger partial charge >= 0.3 is 0 Å². The van der Waals surface area contributed by atoms with Crippen molar-refractivity contribution in [1.82, 2.24) is 4.98 Å². The molecule has 2 aromatic rings. The number of thiazole rings is 1. The molecule has 22 heavy (non-hydrogen) atoms. The van der Waals surface area contributed by atoms with Gasteiger partial charge in [-0.2, -0.15) is 0 Å². The number of hydrogen-bond acceptors (Lipinski definition) is 5. The Kier molecular flexibility index (Phi) is 4.92. The van der Waals surface area contributed by atoms with Gasteiger partial charge in [0.25, 0.3) is 5.91 Å². The topological polar surface area (TPSA) is 68.3 Å². The summed E-state index contributed by atoms with van der Waals surface area (Å²) in [6, 6.07) is 5.78. The third-order valence-corrected chi connectivity index (χ3v) is 4.23. The highest BCUT2D eigenvalue weighted by Crippen LogP contribution is 2.23. The van der Waals surface area contributed by atoms with Crippen LogP contribution in [-0.4, -0.2) is 23.3 Å². The number of Topliss-reactive ketones (excluding diaryl/α,β-unsaturated/α-hetero) is 1. The molecule has 0 saturated heterocycles. The maximum atomic E-state index is 11.9. The number of benzene rings is 1. The van der Waals surface area contributed by atoms with Gasteiger partial charge in [0.05, 0.1) is 10.6 Å². The van der Waals surface area contributed by atoms with E-state index in [2.05, 4.69) is 10.3 Å². The first-order valence-electron chi connectivity index (χ1n) is 6.85. The van der Waals surface area contributed by atoms with Crippen molar-refractivity contribution in [3.05, 3.63) is 39.9 Å². The first-order chi connectivity index (χ1) is 10.4. The Balaban J connectivity index is 1.96. The van der Waals surface area contributed by atoms with Crippen LogP contribution in [0.15, 0.2) is 18.2 Å². The second-order valence-electron chi connectivity index (χ2n) is 5.10. The average Bonchev–Trinajstić information content (AvgIpc) is 2.78. The lowest BCUT2D eigenvalue weighted by atomic mass is 10.1. The van der Waals surface area contributed by atoms with Crippen LogP contribution < -0.4 is 10.1 Å². The number of aromatic nitrogens is 1. The number of amides is 1. The van der Waals surface area contributed by atoms with Crippen molar-refractivity contribution >= 4 is 28.2 Å². The smallest absolute Gasteiger partial charge is 0.264 e. The molecule has 0 unspecified atom stereocenters. The number of ether oxygens (including phenoxy) is 1. The number of anilines is 1. The lowest BCUT2D eigenvalue weighted by Crippen LogP contribution is -2.20. The van der Waals surface area contributed by atoms with Gasteiger partial charge in [0.1, 0.15) is 5.75 Å². The fourth-order valence-electron chi connectivity index (χ4n) is 2.04. The zero-order valence-corrected chi connectivity index (χ0v) is 13.8.